The number of alkyl carbamates (subject to hydrolysis) is 2. The molecule has 4 aromatic carbocycles. The fourth-order valence-electron chi connectivity index (χ4n) is 9.01. The number of carboxylic acids is 2. The van der Waals surface area contributed by atoms with E-state index in [1.54, 1.807) is 102 Å². The third kappa shape index (κ3) is 21.4. The smallest absolute Gasteiger partial charge is 0.407 e. The van der Waals surface area contributed by atoms with Crippen molar-refractivity contribution in [2.45, 2.75) is 154 Å². The lowest BCUT2D eigenvalue weighted by Crippen LogP contribution is -2.55. The first-order chi connectivity index (χ1) is 40.6. The summed E-state index contributed by atoms with van der Waals surface area (Å²) >= 11 is 0. The summed E-state index contributed by atoms with van der Waals surface area (Å²) in [5, 5.41) is 26.1. The van der Waals surface area contributed by atoms with Crippen molar-refractivity contribution in [2.75, 3.05) is 13.1 Å². The summed E-state index contributed by atoms with van der Waals surface area (Å²) in [7, 11) is 0. The zero-order valence-electron chi connectivity index (χ0n) is 49.0. The first kappa shape index (κ1) is 67.5. The molecule has 86 heavy (non-hydrogen) atoms. The second-order valence-corrected chi connectivity index (χ2v) is 22.4. The number of hydrogen-bond donors (Lipinski definition) is 6. The van der Waals surface area contributed by atoms with Crippen molar-refractivity contribution in [3.05, 3.63) is 143 Å². The van der Waals surface area contributed by atoms with Crippen LogP contribution in [0.1, 0.15) is 136 Å². The molecule has 7 N–H and O–H groups in total. The Morgan fingerprint density at radius 2 is 0.942 bits per heavy atom. The Balaban J connectivity index is 0.000000258. The predicted molar refractivity (Wildman–Crippen MR) is 309 cm³/mol. The van der Waals surface area contributed by atoms with Crippen molar-refractivity contribution in [3.63, 3.8) is 0 Å². The van der Waals surface area contributed by atoms with Gasteiger partial charge >= 0.3 is 30.1 Å². The maximum Gasteiger partial charge on any atom is 0.407 e. The predicted octanol–water partition coefficient (Wildman–Crippen LogP) is 5.61. The van der Waals surface area contributed by atoms with Gasteiger partial charge in [-0.3, -0.25) is 38.4 Å². The number of ketones is 2. The fourth-order valence-corrected chi connectivity index (χ4v) is 9.01. The molecular formula is C62H75N7O17. The molecular weight excluding hydrogens is 1110 g/mol. The van der Waals surface area contributed by atoms with Gasteiger partial charge in [0, 0.05) is 88.7 Å². The number of imide groups is 1. The molecule has 24 nitrogen and oxygen atoms in total. The SMILES string of the molecule is CC(C)(C)OC(=O)NCC[C@H](N)C(=O)O.CC(C)(C)OC(=O)NCC[C@H](NC(=O)C1Cc2ccccc2CN1C(=O)CCC(=O)c1ccccc1)C(=O)O.O=C(CCC(=O)N1Cc2ccccc2CC1C(=O)ON1C(=O)CCC1=O)c1ccccc1. The first-order valence-corrected chi connectivity index (χ1v) is 28.0. The van der Waals surface area contributed by atoms with Crippen LogP contribution in [0.5, 0.6) is 0 Å². The van der Waals surface area contributed by atoms with E-state index in [-0.39, 0.29) is 114 Å². The number of hydroxylamine groups is 2. The number of nitrogens with two attached hydrogens (primary N) is 1. The summed E-state index contributed by atoms with van der Waals surface area (Å²) < 4.78 is 10.1. The molecule has 0 aromatic heterocycles. The van der Waals surface area contributed by atoms with E-state index in [9.17, 15) is 62.6 Å². The van der Waals surface area contributed by atoms with Gasteiger partial charge in [-0.1, -0.05) is 109 Å². The number of ether oxygens (including phenoxy) is 2. The molecule has 3 aliphatic rings. The maximum atomic E-state index is 13.3. The third-order valence-electron chi connectivity index (χ3n) is 13.4. The first-order valence-electron chi connectivity index (χ1n) is 28.0. The zero-order chi connectivity index (χ0) is 63.3. The Morgan fingerprint density at radius 3 is 1.36 bits per heavy atom. The lowest BCUT2D eigenvalue weighted by Gasteiger charge is -2.36. The van der Waals surface area contributed by atoms with Gasteiger partial charge in [-0.25, -0.2) is 19.2 Å². The number of nitrogens with one attached hydrogen (secondary N) is 3. The van der Waals surface area contributed by atoms with E-state index in [0.29, 0.717) is 16.2 Å². The van der Waals surface area contributed by atoms with Crippen molar-refractivity contribution < 1.29 is 82.1 Å². The van der Waals surface area contributed by atoms with Crippen LogP contribution in [0.2, 0.25) is 0 Å². The number of fused-ring (bicyclic) bond motifs is 2. The minimum Gasteiger partial charge on any atom is -0.480 e. The Hall–Kier alpha value is -9.32. The highest BCUT2D eigenvalue weighted by atomic mass is 16.7. The molecule has 2 unspecified atom stereocenters. The topological polar surface area (TPSA) is 345 Å². The van der Waals surface area contributed by atoms with Gasteiger partial charge in [0.2, 0.25) is 17.7 Å². The Bertz CT molecular complexity index is 3090. The van der Waals surface area contributed by atoms with E-state index in [1.165, 1.54) is 9.80 Å². The van der Waals surface area contributed by atoms with Crippen LogP contribution in [0, 0.1) is 0 Å². The molecule has 0 radical (unpaired) electrons. The van der Waals surface area contributed by atoms with Crippen LogP contribution >= 0.6 is 0 Å². The van der Waals surface area contributed by atoms with Crippen molar-refractivity contribution in [3.8, 4) is 0 Å². The normalized spacial score (nSPS) is 15.9. The average Bonchev–Trinajstić information content (AvgIpc) is 1.43. The van der Waals surface area contributed by atoms with Crippen LogP contribution in [0.25, 0.3) is 0 Å². The van der Waals surface area contributed by atoms with E-state index in [0.717, 1.165) is 22.3 Å². The molecule has 460 valence electrons. The second kappa shape index (κ2) is 31.5. The van der Waals surface area contributed by atoms with Gasteiger partial charge in [0.15, 0.2) is 11.6 Å². The van der Waals surface area contributed by atoms with Crippen LogP contribution in [0.15, 0.2) is 109 Å². The average molecular weight is 1190 g/mol. The van der Waals surface area contributed by atoms with Crippen molar-refractivity contribution in [1.29, 1.82) is 0 Å². The Labute approximate surface area is 498 Å². The molecule has 0 saturated carbocycles. The molecule has 0 spiro atoms. The number of benzene rings is 4. The molecule has 3 heterocycles. The summed E-state index contributed by atoms with van der Waals surface area (Å²) in [6, 6.07) is 28.0. The molecule has 7 amide bonds. The molecule has 0 aliphatic carbocycles. The zero-order valence-corrected chi connectivity index (χ0v) is 49.0. The quantitative estimate of drug-likeness (QED) is 0.0462. The van der Waals surface area contributed by atoms with E-state index < -0.39 is 83.2 Å². The van der Waals surface area contributed by atoms with Crippen LogP contribution in [-0.2, 0) is 78.6 Å². The van der Waals surface area contributed by atoms with Gasteiger partial charge in [-0.05, 0) is 76.6 Å². The van der Waals surface area contributed by atoms with Gasteiger partial charge in [0.25, 0.3) is 11.8 Å². The molecule has 1 fully saturated rings. The highest BCUT2D eigenvalue weighted by molar-refractivity contribution is 6.02. The molecule has 1 saturated heterocycles. The number of hydrogen-bond acceptors (Lipinski definition) is 16. The van der Waals surface area contributed by atoms with Gasteiger partial charge in [0.05, 0.1) is 0 Å². The van der Waals surface area contributed by atoms with Crippen LogP contribution in [0.4, 0.5) is 9.59 Å². The van der Waals surface area contributed by atoms with E-state index in [1.807, 2.05) is 48.5 Å². The summed E-state index contributed by atoms with van der Waals surface area (Å²) in [5.41, 5.74) is 8.57. The fraction of sp³-hybridized carbons (Fsp3) is 0.419. The number of carbonyl (C=O) groups is 12. The number of aliphatic carboxylic acids is 2. The van der Waals surface area contributed by atoms with Crippen LogP contribution < -0.4 is 21.7 Å². The van der Waals surface area contributed by atoms with Crippen molar-refractivity contribution in [1.82, 2.24) is 30.8 Å². The number of rotatable bonds is 20. The lowest BCUT2D eigenvalue weighted by molar-refractivity contribution is -0.202. The van der Waals surface area contributed by atoms with Gasteiger partial charge < -0.3 is 56.0 Å². The van der Waals surface area contributed by atoms with Gasteiger partial charge in [0.1, 0.15) is 35.4 Å². The highest BCUT2D eigenvalue weighted by Gasteiger charge is 2.41. The number of Topliss-reactive ketones (excluding diaryl/α,β-unsaturated/α-hetero) is 2. The number of amides is 7. The third-order valence-corrected chi connectivity index (χ3v) is 13.4. The van der Waals surface area contributed by atoms with Gasteiger partial charge in [-0.15, -0.1) is 5.06 Å². The van der Waals surface area contributed by atoms with Crippen molar-refractivity contribution >= 4 is 71.2 Å². The second-order valence-electron chi connectivity index (χ2n) is 22.4. The Morgan fingerprint density at radius 1 is 0.547 bits per heavy atom. The maximum absolute atomic E-state index is 13.3. The van der Waals surface area contributed by atoms with Gasteiger partial charge in [-0.2, -0.15) is 0 Å². The highest BCUT2D eigenvalue weighted by Crippen LogP contribution is 2.28. The van der Waals surface area contributed by atoms with E-state index in [2.05, 4.69) is 16.0 Å². The largest absolute Gasteiger partial charge is 0.480 e. The van der Waals surface area contributed by atoms with Crippen LogP contribution in [-0.4, -0.2) is 145 Å². The summed E-state index contributed by atoms with van der Waals surface area (Å²) in [4.78, 5) is 154. The molecule has 7 rings (SSSR count). The summed E-state index contributed by atoms with van der Waals surface area (Å²) in [6.07, 6.45) is -0.931. The number of carboxylic acid groups (broad SMARTS) is 2. The lowest BCUT2D eigenvalue weighted by atomic mass is 9.92. The Kier molecular flexibility index (Phi) is 24.7. The molecule has 0 bridgehead atoms. The minimum atomic E-state index is -1.29. The minimum absolute atomic E-state index is 0.00581. The molecule has 3 aliphatic heterocycles. The van der Waals surface area contributed by atoms with Crippen molar-refractivity contribution in [2.24, 2.45) is 5.73 Å². The number of nitrogens with zero attached hydrogens (tertiary/aromatic N) is 3. The molecule has 4 atom stereocenters. The van der Waals surface area contributed by atoms with E-state index >= 15 is 0 Å². The summed E-state index contributed by atoms with van der Waals surface area (Å²) in [6.45, 7) is 10.9. The van der Waals surface area contributed by atoms with E-state index in [4.69, 9.17) is 25.2 Å². The summed E-state index contributed by atoms with van der Waals surface area (Å²) in [5.74, 6) is -6.04. The molecule has 4 aromatic rings. The monoisotopic (exact) mass is 1190 g/mol. The van der Waals surface area contributed by atoms with Crippen LogP contribution in [0.3, 0.4) is 0 Å². The molecule has 24 heteroatoms. The standard InChI is InChI=1S/C29H35N3O7.C24H22N2O6.C9H18N2O4/c1-29(2,3)39-28(38)30-16-15-22(27(36)37)31-26(35)23-17-20-11-7-8-12-21(20)18-32(23)25(34)14-13-24(33)19-9-5-4-6-10-19;27-20(16-6-2-1-3-7-16)10-11-21(28)25-15-18-9-5-4-8-17(18)14-19(25)24(31)32-26-22(29)12-13-23(26)30;1-9(2,3)15-8(14)11-5-4-6(10)7(12)13/h4-12,22-23H,13-18H2,1-3H3,(H,30,38)(H,31,35)(H,36,37);1-9,19H,10-15H2;6H,4-5,10H2,1-3H3,(H,11,14)(H,12,13)/t22-,23?;;6-/m0.0/s1. The number of carbonyl (C=O) groups excluding carboxylic acids is 10.